The van der Waals surface area contributed by atoms with Gasteiger partial charge in [0.05, 0.1) is 24.8 Å². The predicted octanol–water partition coefficient (Wildman–Crippen LogP) is 2.95. The third-order valence-corrected chi connectivity index (χ3v) is 3.44. The van der Waals surface area contributed by atoms with Crippen molar-refractivity contribution in [1.29, 1.82) is 0 Å². The Morgan fingerprint density at radius 2 is 2.08 bits per heavy atom. The van der Waals surface area contributed by atoms with E-state index in [1.54, 1.807) is 12.1 Å². The summed E-state index contributed by atoms with van der Waals surface area (Å²) in [5.41, 5.74) is 0.716. The fourth-order valence-electron chi connectivity index (χ4n) is 2.19. The van der Waals surface area contributed by atoms with Gasteiger partial charge in [-0.05, 0) is 18.2 Å². The van der Waals surface area contributed by atoms with E-state index < -0.39 is 11.6 Å². The third kappa shape index (κ3) is 3.63. The van der Waals surface area contributed by atoms with Gasteiger partial charge in [0, 0.05) is 18.3 Å². The summed E-state index contributed by atoms with van der Waals surface area (Å²) < 4.78 is 37.0. The summed E-state index contributed by atoms with van der Waals surface area (Å²) >= 11 is 0. The maximum absolute atomic E-state index is 13.9. The monoisotopic (exact) mass is 345 g/mol. The summed E-state index contributed by atoms with van der Waals surface area (Å²) in [4.78, 5) is 20.0. The number of rotatable bonds is 5. The molecular formula is C17H13F2N3O3. The van der Waals surface area contributed by atoms with Crippen molar-refractivity contribution in [2.24, 2.45) is 0 Å². The zero-order valence-corrected chi connectivity index (χ0v) is 13.1. The first-order valence-corrected chi connectivity index (χ1v) is 7.24. The molecule has 0 aliphatic rings. The van der Waals surface area contributed by atoms with Crippen LogP contribution in [0.15, 0.2) is 47.3 Å². The summed E-state index contributed by atoms with van der Waals surface area (Å²) in [6, 6.07) is 6.24. The molecule has 2 heterocycles. The standard InChI is InChI=1S/C17H13F2N3O3/c1-24-15-5-2-10(7-20-15)17(23)21-8-14-16(25-9-22-14)12-4-3-11(18)6-13(12)19/h2-7,9H,8H2,1H3,(H,21,23). The van der Waals surface area contributed by atoms with E-state index in [0.29, 0.717) is 17.1 Å². The molecule has 0 unspecified atom stereocenters. The molecule has 0 saturated heterocycles. The SMILES string of the molecule is COc1ccc(C(=O)NCc2ncoc2-c2ccc(F)cc2F)cn1. The second-order valence-corrected chi connectivity index (χ2v) is 5.02. The van der Waals surface area contributed by atoms with Gasteiger partial charge in [0.15, 0.2) is 12.2 Å². The van der Waals surface area contributed by atoms with Crippen LogP contribution >= 0.6 is 0 Å². The van der Waals surface area contributed by atoms with E-state index in [2.05, 4.69) is 15.3 Å². The second kappa shape index (κ2) is 7.08. The number of halogens is 2. The molecule has 0 aliphatic heterocycles. The van der Waals surface area contributed by atoms with Crippen molar-refractivity contribution in [3.8, 4) is 17.2 Å². The average Bonchev–Trinajstić information content (AvgIpc) is 3.08. The first kappa shape index (κ1) is 16.6. The van der Waals surface area contributed by atoms with Crippen molar-refractivity contribution in [1.82, 2.24) is 15.3 Å². The number of ether oxygens (including phenoxy) is 1. The molecule has 0 bridgehead atoms. The first-order valence-electron chi connectivity index (χ1n) is 7.24. The van der Waals surface area contributed by atoms with E-state index in [1.807, 2.05) is 0 Å². The topological polar surface area (TPSA) is 77.2 Å². The Hall–Kier alpha value is -3.29. The number of carbonyl (C=O) groups is 1. The van der Waals surface area contributed by atoms with Gasteiger partial charge in [-0.2, -0.15) is 0 Å². The zero-order chi connectivity index (χ0) is 17.8. The highest BCUT2D eigenvalue weighted by Crippen LogP contribution is 2.26. The lowest BCUT2D eigenvalue weighted by Gasteiger charge is -2.06. The molecule has 3 aromatic rings. The molecule has 0 saturated carbocycles. The van der Waals surface area contributed by atoms with E-state index in [4.69, 9.17) is 9.15 Å². The lowest BCUT2D eigenvalue weighted by molar-refractivity contribution is 0.0950. The van der Waals surface area contributed by atoms with Gasteiger partial charge in [-0.1, -0.05) is 0 Å². The van der Waals surface area contributed by atoms with Crippen LogP contribution in [0.3, 0.4) is 0 Å². The van der Waals surface area contributed by atoms with Gasteiger partial charge in [-0.3, -0.25) is 4.79 Å². The van der Waals surface area contributed by atoms with Gasteiger partial charge in [0.1, 0.15) is 17.3 Å². The Bertz CT molecular complexity index is 894. The second-order valence-electron chi connectivity index (χ2n) is 5.02. The number of oxazole rings is 1. The molecule has 0 fully saturated rings. The van der Waals surface area contributed by atoms with Crippen LogP contribution in [0, 0.1) is 11.6 Å². The van der Waals surface area contributed by atoms with Crippen molar-refractivity contribution in [3.05, 3.63) is 65.8 Å². The van der Waals surface area contributed by atoms with Gasteiger partial charge in [0.25, 0.3) is 5.91 Å². The van der Waals surface area contributed by atoms with E-state index in [9.17, 15) is 13.6 Å². The predicted molar refractivity (Wildman–Crippen MR) is 83.8 cm³/mol. The first-order chi connectivity index (χ1) is 12.1. The van der Waals surface area contributed by atoms with Crippen molar-refractivity contribution >= 4 is 5.91 Å². The van der Waals surface area contributed by atoms with Gasteiger partial charge >= 0.3 is 0 Å². The fraction of sp³-hybridized carbons (Fsp3) is 0.118. The highest BCUT2D eigenvalue weighted by atomic mass is 19.1. The molecule has 0 atom stereocenters. The smallest absolute Gasteiger partial charge is 0.253 e. The number of methoxy groups -OCH3 is 1. The molecule has 128 valence electrons. The van der Waals surface area contributed by atoms with Crippen LogP contribution in [0.4, 0.5) is 8.78 Å². The molecule has 1 aromatic carbocycles. The molecule has 25 heavy (non-hydrogen) atoms. The largest absolute Gasteiger partial charge is 0.481 e. The van der Waals surface area contributed by atoms with Crippen LogP contribution < -0.4 is 10.1 Å². The highest BCUT2D eigenvalue weighted by molar-refractivity contribution is 5.93. The van der Waals surface area contributed by atoms with E-state index in [1.165, 1.54) is 19.4 Å². The Balaban J connectivity index is 1.74. The number of hydrogen-bond donors (Lipinski definition) is 1. The van der Waals surface area contributed by atoms with Crippen molar-refractivity contribution in [2.75, 3.05) is 7.11 Å². The number of aromatic nitrogens is 2. The lowest BCUT2D eigenvalue weighted by atomic mass is 10.1. The van der Waals surface area contributed by atoms with Gasteiger partial charge in [0.2, 0.25) is 5.88 Å². The van der Waals surface area contributed by atoms with Crippen LogP contribution in [0.1, 0.15) is 16.1 Å². The van der Waals surface area contributed by atoms with Crippen LogP contribution in [0.2, 0.25) is 0 Å². The normalized spacial score (nSPS) is 10.5. The highest BCUT2D eigenvalue weighted by Gasteiger charge is 2.16. The minimum absolute atomic E-state index is 0.00745. The number of nitrogens with one attached hydrogen (secondary N) is 1. The average molecular weight is 345 g/mol. The quantitative estimate of drug-likeness (QED) is 0.769. The molecular weight excluding hydrogens is 332 g/mol. The zero-order valence-electron chi connectivity index (χ0n) is 13.1. The van der Waals surface area contributed by atoms with E-state index in [-0.39, 0.29) is 23.8 Å². The molecule has 8 heteroatoms. The molecule has 1 amide bonds. The van der Waals surface area contributed by atoms with Gasteiger partial charge in [-0.25, -0.2) is 18.7 Å². The summed E-state index contributed by atoms with van der Waals surface area (Å²) in [6.45, 7) is 0.00745. The van der Waals surface area contributed by atoms with Crippen LogP contribution in [-0.2, 0) is 6.54 Å². The molecule has 0 spiro atoms. The Morgan fingerprint density at radius 3 is 2.76 bits per heavy atom. The summed E-state index contributed by atoms with van der Waals surface area (Å²) in [7, 11) is 1.47. The van der Waals surface area contributed by atoms with Crippen molar-refractivity contribution in [2.45, 2.75) is 6.54 Å². The number of pyridine rings is 1. The van der Waals surface area contributed by atoms with Crippen LogP contribution in [0.5, 0.6) is 5.88 Å². The number of carbonyl (C=O) groups excluding carboxylic acids is 1. The minimum Gasteiger partial charge on any atom is -0.481 e. The van der Waals surface area contributed by atoms with Crippen LogP contribution in [0.25, 0.3) is 11.3 Å². The fourth-order valence-corrected chi connectivity index (χ4v) is 2.19. The molecule has 0 aliphatic carbocycles. The van der Waals surface area contributed by atoms with Crippen molar-refractivity contribution in [3.63, 3.8) is 0 Å². The van der Waals surface area contributed by atoms with Gasteiger partial charge < -0.3 is 14.5 Å². The Morgan fingerprint density at radius 1 is 1.24 bits per heavy atom. The minimum atomic E-state index is -0.774. The Labute approximate surface area is 141 Å². The molecule has 1 N–H and O–H groups in total. The number of benzene rings is 1. The van der Waals surface area contributed by atoms with E-state index in [0.717, 1.165) is 18.5 Å². The van der Waals surface area contributed by atoms with E-state index >= 15 is 0 Å². The number of amides is 1. The summed E-state index contributed by atoms with van der Waals surface area (Å²) in [5.74, 6) is -1.33. The van der Waals surface area contributed by atoms with Gasteiger partial charge in [-0.15, -0.1) is 0 Å². The lowest BCUT2D eigenvalue weighted by Crippen LogP contribution is -2.23. The maximum atomic E-state index is 13.9. The Kier molecular flexibility index (Phi) is 4.69. The maximum Gasteiger partial charge on any atom is 0.253 e. The number of hydrogen-bond acceptors (Lipinski definition) is 5. The molecule has 3 rings (SSSR count). The summed E-state index contributed by atoms with van der Waals surface area (Å²) in [5, 5.41) is 2.64. The summed E-state index contributed by atoms with van der Waals surface area (Å²) in [6.07, 6.45) is 2.51. The molecule has 2 aromatic heterocycles. The molecule has 0 radical (unpaired) electrons. The number of nitrogens with zero attached hydrogens (tertiary/aromatic N) is 2. The van der Waals surface area contributed by atoms with Crippen molar-refractivity contribution < 1.29 is 22.7 Å². The molecule has 6 nitrogen and oxygen atoms in total. The third-order valence-electron chi connectivity index (χ3n) is 3.44. The van der Waals surface area contributed by atoms with Crippen LogP contribution in [-0.4, -0.2) is 23.0 Å².